The molecule has 2 rings (SSSR count). The lowest BCUT2D eigenvalue weighted by molar-refractivity contribution is -0.136. The average molecular weight is 290 g/mol. The molecule has 4 nitrogen and oxygen atoms in total. The van der Waals surface area contributed by atoms with E-state index in [1.54, 1.807) is 37.3 Å². The fraction of sp³-hybridized carbons (Fsp3) is 0.133. The highest BCUT2D eigenvalue weighted by Gasteiger charge is 2.35. The van der Waals surface area contributed by atoms with Crippen LogP contribution in [0.25, 0.3) is 0 Å². The van der Waals surface area contributed by atoms with Gasteiger partial charge in [-0.1, -0.05) is 42.5 Å². The minimum absolute atomic E-state index is 0.0220. The van der Waals surface area contributed by atoms with Crippen molar-refractivity contribution in [3.63, 3.8) is 0 Å². The molecule has 20 heavy (non-hydrogen) atoms. The lowest BCUT2D eigenvalue weighted by Gasteiger charge is -2.14. The first-order valence-corrected chi connectivity index (χ1v) is 7.56. The number of rotatable bonds is 4. The number of carboxylic acid groups (broad SMARTS) is 1. The first-order chi connectivity index (χ1) is 9.43. The summed E-state index contributed by atoms with van der Waals surface area (Å²) >= 11 is 0. The third-order valence-corrected chi connectivity index (χ3v) is 4.96. The summed E-state index contributed by atoms with van der Waals surface area (Å²) in [6.07, 6.45) is 0. The molecule has 1 atom stereocenters. The Morgan fingerprint density at radius 2 is 1.70 bits per heavy atom. The molecule has 2 aromatic rings. The summed E-state index contributed by atoms with van der Waals surface area (Å²) < 4.78 is 25.1. The van der Waals surface area contributed by atoms with Crippen molar-refractivity contribution < 1.29 is 18.3 Å². The summed E-state index contributed by atoms with van der Waals surface area (Å²) in [4.78, 5) is 11.4. The number of hydrogen-bond acceptors (Lipinski definition) is 3. The maximum absolute atomic E-state index is 12.5. The van der Waals surface area contributed by atoms with Gasteiger partial charge in [0.05, 0.1) is 4.90 Å². The van der Waals surface area contributed by atoms with Crippen molar-refractivity contribution in [3.05, 3.63) is 65.7 Å². The summed E-state index contributed by atoms with van der Waals surface area (Å²) in [7, 11) is -3.98. The molecule has 0 spiro atoms. The zero-order chi connectivity index (χ0) is 14.8. The summed E-state index contributed by atoms with van der Waals surface area (Å²) in [5, 5.41) is 7.72. The van der Waals surface area contributed by atoms with Crippen molar-refractivity contribution in [3.8, 4) is 0 Å². The van der Waals surface area contributed by atoms with Gasteiger partial charge in [0.1, 0.15) is 0 Å². The van der Waals surface area contributed by atoms with E-state index in [2.05, 4.69) is 0 Å². The van der Waals surface area contributed by atoms with Gasteiger partial charge < -0.3 is 5.11 Å². The molecule has 0 radical (unpaired) electrons. The average Bonchev–Trinajstić information content (AvgIpc) is 2.39. The largest absolute Gasteiger partial charge is 0.480 e. The van der Waals surface area contributed by atoms with Crippen molar-refractivity contribution >= 4 is 15.8 Å². The van der Waals surface area contributed by atoms with Crippen molar-refractivity contribution in [2.24, 2.45) is 0 Å². The van der Waals surface area contributed by atoms with Gasteiger partial charge in [0.25, 0.3) is 0 Å². The van der Waals surface area contributed by atoms with E-state index in [1.807, 2.05) is 0 Å². The molecular weight excluding hydrogens is 276 g/mol. The highest BCUT2D eigenvalue weighted by atomic mass is 32.2. The van der Waals surface area contributed by atoms with Gasteiger partial charge in [-0.05, 0) is 30.2 Å². The molecule has 0 saturated heterocycles. The second-order valence-corrected chi connectivity index (χ2v) is 6.52. The predicted molar refractivity (Wildman–Crippen MR) is 75.2 cm³/mol. The molecule has 0 bridgehead atoms. The molecule has 0 aromatic heterocycles. The van der Waals surface area contributed by atoms with Gasteiger partial charge in [0.15, 0.2) is 15.1 Å². The van der Waals surface area contributed by atoms with Crippen LogP contribution >= 0.6 is 0 Å². The molecule has 0 aliphatic carbocycles. The SMILES string of the molecule is Cc1cccc(S(=O)(=O)C(C(=O)O)c2ccccc2)c1. The second kappa shape index (κ2) is 5.46. The smallest absolute Gasteiger partial charge is 0.326 e. The van der Waals surface area contributed by atoms with E-state index in [0.717, 1.165) is 5.56 Å². The monoisotopic (exact) mass is 290 g/mol. The van der Waals surface area contributed by atoms with E-state index in [-0.39, 0.29) is 10.5 Å². The normalized spacial score (nSPS) is 12.8. The van der Waals surface area contributed by atoms with Crippen LogP contribution in [0.4, 0.5) is 0 Å². The van der Waals surface area contributed by atoms with Gasteiger partial charge in [0.2, 0.25) is 0 Å². The number of benzene rings is 2. The molecule has 1 N–H and O–H groups in total. The molecule has 0 aliphatic rings. The quantitative estimate of drug-likeness (QED) is 0.939. The van der Waals surface area contributed by atoms with Crippen molar-refractivity contribution in [1.29, 1.82) is 0 Å². The van der Waals surface area contributed by atoms with Crippen molar-refractivity contribution in [1.82, 2.24) is 0 Å². The van der Waals surface area contributed by atoms with E-state index in [1.165, 1.54) is 24.3 Å². The Labute approximate surface area is 117 Å². The maximum atomic E-state index is 12.5. The zero-order valence-corrected chi connectivity index (χ0v) is 11.7. The van der Waals surface area contributed by atoms with Crippen molar-refractivity contribution in [2.45, 2.75) is 17.1 Å². The molecule has 0 amide bonds. The molecule has 0 fully saturated rings. The number of aliphatic carboxylic acids is 1. The van der Waals surface area contributed by atoms with Crippen LogP contribution in [0.1, 0.15) is 16.4 Å². The lowest BCUT2D eigenvalue weighted by Crippen LogP contribution is -2.22. The van der Waals surface area contributed by atoms with Crippen LogP contribution in [0.2, 0.25) is 0 Å². The van der Waals surface area contributed by atoms with Crippen molar-refractivity contribution in [2.75, 3.05) is 0 Å². The van der Waals surface area contributed by atoms with E-state index in [9.17, 15) is 18.3 Å². The number of carbonyl (C=O) groups is 1. The molecule has 1 unspecified atom stereocenters. The van der Waals surface area contributed by atoms with E-state index >= 15 is 0 Å². The molecular formula is C15H14O4S. The van der Waals surface area contributed by atoms with E-state index < -0.39 is 21.1 Å². The van der Waals surface area contributed by atoms with Crippen LogP contribution in [0.5, 0.6) is 0 Å². The Morgan fingerprint density at radius 3 is 2.25 bits per heavy atom. The molecule has 0 heterocycles. The Kier molecular flexibility index (Phi) is 3.90. The van der Waals surface area contributed by atoms with Gasteiger partial charge in [-0.25, -0.2) is 8.42 Å². The van der Waals surface area contributed by atoms with Gasteiger partial charge in [-0.15, -0.1) is 0 Å². The highest BCUT2D eigenvalue weighted by molar-refractivity contribution is 7.92. The van der Waals surface area contributed by atoms with Gasteiger partial charge in [0, 0.05) is 0 Å². The maximum Gasteiger partial charge on any atom is 0.326 e. The Morgan fingerprint density at radius 1 is 1.05 bits per heavy atom. The topological polar surface area (TPSA) is 71.4 Å². The summed E-state index contributed by atoms with van der Waals surface area (Å²) in [6, 6.07) is 14.2. The summed E-state index contributed by atoms with van der Waals surface area (Å²) in [5.41, 5.74) is 1.02. The fourth-order valence-electron chi connectivity index (χ4n) is 2.01. The number of sulfone groups is 1. The van der Waals surface area contributed by atoms with Crippen LogP contribution in [0, 0.1) is 6.92 Å². The first kappa shape index (κ1) is 14.3. The Bertz CT molecular complexity index is 721. The second-order valence-electron chi connectivity index (χ2n) is 4.49. The molecule has 0 saturated carbocycles. The third kappa shape index (κ3) is 2.72. The van der Waals surface area contributed by atoms with Crippen LogP contribution in [0.15, 0.2) is 59.5 Å². The van der Waals surface area contributed by atoms with Gasteiger partial charge in [-0.2, -0.15) is 0 Å². The lowest BCUT2D eigenvalue weighted by atomic mass is 10.1. The molecule has 0 aliphatic heterocycles. The zero-order valence-electron chi connectivity index (χ0n) is 10.9. The standard InChI is InChI=1S/C15H14O4S/c1-11-6-5-9-13(10-11)20(18,19)14(15(16)17)12-7-3-2-4-8-12/h2-10,14H,1H3,(H,16,17). The number of hydrogen-bond donors (Lipinski definition) is 1. The summed E-state index contributed by atoms with van der Waals surface area (Å²) in [5.74, 6) is -1.38. The minimum atomic E-state index is -3.98. The molecule has 5 heteroatoms. The third-order valence-electron chi connectivity index (χ3n) is 2.95. The number of aryl methyl sites for hydroxylation is 1. The molecule has 104 valence electrons. The van der Waals surface area contributed by atoms with E-state index in [4.69, 9.17) is 0 Å². The van der Waals surface area contributed by atoms with Crippen LogP contribution in [0.3, 0.4) is 0 Å². The fourth-order valence-corrected chi connectivity index (χ4v) is 3.68. The Balaban J connectivity index is 2.57. The van der Waals surface area contributed by atoms with Gasteiger partial charge >= 0.3 is 5.97 Å². The Hall–Kier alpha value is -2.14. The molecule has 2 aromatic carbocycles. The van der Waals surface area contributed by atoms with Crippen LogP contribution < -0.4 is 0 Å². The number of carboxylic acids is 1. The minimum Gasteiger partial charge on any atom is -0.480 e. The predicted octanol–water partition coefficient (Wildman–Crippen LogP) is 2.59. The van der Waals surface area contributed by atoms with Crippen LogP contribution in [-0.2, 0) is 14.6 Å². The van der Waals surface area contributed by atoms with E-state index in [0.29, 0.717) is 0 Å². The summed E-state index contributed by atoms with van der Waals surface area (Å²) in [6.45, 7) is 1.76. The van der Waals surface area contributed by atoms with Crippen LogP contribution in [-0.4, -0.2) is 19.5 Å². The first-order valence-electron chi connectivity index (χ1n) is 6.01. The van der Waals surface area contributed by atoms with Gasteiger partial charge in [-0.3, -0.25) is 4.79 Å². The highest BCUT2D eigenvalue weighted by Crippen LogP contribution is 2.29.